The Morgan fingerprint density at radius 1 is 1.05 bits per heavy atom. The van der Waals surface area contributed by atoms with E-state index in [-0.39, 0.29) is 10.7 Å². The number of rotatable bonds is 2. The lowest BCUT2D eigenvalue weighted by atomic mass is 10.3. The lowest BCUT2D eigenvalue weighted by molar-refractivity contribution is -0.133. The van der Waals surface area contributed by atoms with E-state index in [0.717, 1.165) is 6.07 Å². The van der Waals surface area contributed by atoms with Crippen LogP contribution in [0.5, 0.6) is 0 Å². The third-order valence-corrected chi connectivity index (χ3v) is 3.49. The van der Waals surface area contributed by atoms with Gasteiger partial charge in [-0.3, -0.25) is 9.59 Å². The van der Waals surface area contributed by atoms with Crippen molar-refractivity contribution in [2.45, 2.75) is 0 Å². The largest absolute Gasteiger partial charge is 0.318 e. The lowest BCUT2D eigenvalue weighted by Gasteiger charge is -2.08. The number of para-hydroxylation sites is 1. The van der Waals surface area contributed by atoms with Crippen LogP contribution in [-0.2, 0) is 9.59 Å². The molecule has 0 radical (unpaired) electrons. The number of anilines is 2. The first-order valence-electron chi connectivity index (χ1n) is 5.79. The minimum Gasteiger partial charge on any atom is -0.318 e. The Kier molecular flexibility index (Phi) is 4.93. The van der Waals surface area contributed by atoms with Crippen molar-refractivity contribution in [3.8, 4) is 0 Å². The van der Waals surface area contributed by atoms with Crippen LogP contribution in [0.25, 0.3) is 0 Å². The topological polar surface area (TPSA) is 58.2 Å². The summed E-state index contributed by atoms with van der Waals surface area (Å²) >= 11 is 8.85. The van der Waals surface area contributed by atoms with Crippen molar-refractivity contribution in [1.82, 2.24) is 0 Å². The van der Waals surface area contributed by atoms with Crippen LogP contribution >= 0.6 is 27.5 Å². The summed E-state index contributed by atoms with van der Waals surface area (Å²) in [5.74, 6) is -2.33. The minimum absolute atomic E-state index is 0.140. The van der Waals surface area contributed by atoms with Crippen LogP contribution in [0, 0.1) is 5.82 Å². The molecule has 0 bridgehead atoms. The molecule has 2 rings (SSSR count). The smallest absolute Gasteiger partial charge is 0.314 e. The molecule has 0 aromatic heterocycles. The molecule has 2 amide bonds. The van der Waals surface area contributed by atoms with Gasteiger partial charge in [0.05, 0.1) is 10.7 Å². The molecule has 2 aromatic rings. The number of carbonyl (C=O) groups is 2. The van der Waals surface area contributed by atoms with Crippen LogP contribution in [0.1, 0.15) is 0 Å². The molecular weight excluding hydrogens is 363 g/mol. The SMILES string of the molecule is O=C(Nc1ccc(F)c(Cl)c1)C(=O)Nc1ccccc1Br. The molecule has 0 saturated carbocycles. The molecular formula is C14H9BrClFN2O2. The number of hydrogen-bond donors (Lipinski definition) is 2. The monoisotopic (exact) mass is 370 g/mol. The Hall–Kier alpha value is -1.92. The predicted octanol–water partition coefficient (Wildman–Crippen LogP) is 3.82. The minimum atomic E-state index is -0.881. The molecule has 0 saturated heterocycles. The average molecular weight is 372 g/mol. The highest BCUT2D eigenvalue weighted by Gasteiger charge is 2.15. The molecule has 0 spiro atoms. The van der Waals surface area contributed by atoms with Crippen LogP contribution in [-0.4, -0.2) is 11.8 Å². The van der Waals surface area contributed by atoms with Crippen LogP contribution in [0.15, 0.2) is 46.9 Å². The molecule has 0 fully saturated rings. The van der Waals surface area contributed by atoms with E-state index in [9.17, 15) is 14.0 Å². The zero-order valence-electron chi connectivity index (χ0n) is 10.5. The van der Waals surface area contributed by atoms with E-state index < -0.39 is 17.6 Å². The van der Waals surface area contributed by atoms with E-state index in [4.69, 9.17) is 11.6 Å². The summed E-state index contributed by atoms with van der Waals surface area (Å²) in [7, 11) is 0. The third-order valence-electron chi connectivity index (χ3n) is 2.51. The zero-order chi connectivity index (χ0) is 15.4. The maximum atomic E-state index is 13.0. The molecule has 7 heteroatoms. The Morgan fingerprint density at radius 3 is 2.38 bits per heavy atom. The van der Waals surface area contributed by atoms with Crippen molar-refractivity contribution in [2.75, 3.05) is 10.6 Å². The van der Waals surface area contributed by atoms with Crippen molar-refractivity contribution in [2.24, 2.45) is 0 Å². The van der Waals surface area contributed by atoms with E-state index in [1.165, 1.54) is 12.1 Å². The first-order chi connectivity index (χ1) is 9.97. The molecule has 0 aliphatic heterocycles. The Bertz CT molecular complexity index is 709. The second kappa shape index (κ2) is 6.69. The molecule has 4 nitrogen and oxygen atoms in total. The van der Waals surface area contributed by atoms with Crippen LogP contribution in [0.4, 0.5) is 15.8 Å². The molecule has 0 unspecified atom stereocenters. The third kappa shape index (κ3) is 4.03. The van der Waals surface area contributed by atoms with Crippen LogP contribution < -0.4 is 10.6 Å². The first-order valence-corrected chi connectivity index (χ1v) is 6.96. The second-order valence-electron chi connectivity index (χ2n) is 4.02. The Labute approximate surface area is 133 Å². The summed E-state index contributed by atoms with van der Waals surface area (Å²) < 4.78 is 13.6. The normalized spacial score (nSPS) is 10.0. The molecule has 0 heterocycles. The summed E-state index contributed by atoms with van der Waals surface area (Å²) in [5, 5.41) is 4.64. The molecule has 108 valence electrons. The Balaban J connectivity index is 2.04. The Morgan fingerprint density at radius 2 is 1.71 bits per heavy atom. The molecule has 0 atom stereocenters. The van der Waals surface area contributed by atoms with E-state index in [1.807, 2.05) is 0 Å². The van der Waals surface area contributed by atoms with Gasteiger partial charge in [-0.15, -0.1) is 0 Å². The van der Waals surface area contributed by atoms with Gasteiger partial charge < -0.3 is 10.6 Å². The van der Waals surface area contributed by atoms with Gasteiger partial charge in [-0.1, -0.05) is 23.7 Å². The van der Waals surface area contributed by atoms with Crippen molar-refractivity contribution in [3.63, 3.8) is 0 Å². The first kappa shape index (κ1) is 15.5. The highest BCUT2D eigenvalue weighted by Crippen LogP contribution is 2.22. The van der Waals surface area contributed by atoms with Gasteiger partial charge >= 0.3 is 11.8 Å². The summed E-state index contributed by atoms with van der Waals surface area (Å²) in [4.78, 5) is 23.5. The van der Waals surface area contributed by atoms with Gasteiger partial charge in [0, 0.05) is 10.2 Å². The van der Waals surface area contributed by atoms with E-state index in [1.54, 1.807) is 24.3 Å². The average Bonchev–Trinajstić information content (AvgIpc) is 2.45. The number of hydrogen-bond acceptors (Lipinski definition) is 2. The van der Waals surface area contributed by atoms with Gasteiger partial charge in [-0.2, -0.15) is 0 Å². The summed E-state index contributed by atoms with van der Waals surface area (Å²) in [6.45, 7) is 0. The summed E-state index contributed by atoms with van der Waals surface area (Å²) in [6, 6.07) is 10.5. The van der Waals surface area contributed by atoms with Gasteiger partial charge in [0.25, 0.3) is 0 Å². The standard InChI is InChI=1S/C14H9BrClFN2O2/c15-9-3-1-2-4-12(9)19-14(21)13(20)18-8-5-6-11(17)10(16)7-8/h1-7H,(H,18,20)(H,19,21). The number of amides is 2. The number of benzene rings is 2. The van der Waals surface area contributed by atoms with Crippen molar-refractivity contribution in [1.29, 1.82) is 0 Å². The molecule has 21 heavy (non-hydrogen) atoms. The molecule has 0 aliphatic rings. The van der Waals surface area contributed by atoms with E-state index >= 15 is 0 Å². The highest BCUT2D eigenvalue weighted by atomic mass is 79.9. The predicted molar refractivity (Wildman–Crippen MR) is 82.8 cm³/mol. The zero-order valence-corrected chi connectivity index (χ0v) is 12.8. The van der Waals surface area contributed by atoms with E-state index in [0.29, 0.717) is 10.2 Å². The fourth-order valence-electron chi connectivity index (χ4n) is 1.50. The van der Waals surface area contributed by atoms with Crippen LogP contribution in [0.3, 0.4) is 0 Å². The summed E-state index contributed by atoms with van der Waals surface area (Å²) in [5.41, 5.74) is 0.698. The van der Waals surface area contributed by atoms with Gasteiger partial charge in [0.15, 0.2) is 0 Å². The molecule has 2 N–H and O–H groups in total. The van der Waals surface area contributed by atoms with Crippen molar-refractivity contribution in [3.05, 3.63) is 57.8 Å². The van der Waals surface area contributed by atoms with Gasteiger partial charge in [-0.05, 0) is 46.3 Å². The second-order valence-corrected chi connectivity index (χ2v) is 5.28. The molecule has 0 aliphatic carbocycles. The molecule has 2 aromatic carbocycles. The van der Waals surface area contributed by atoms with Gasteiger partial charge in [-0.25, -0.2) is 4.39 Å². The fourth-order valence-corrected chi connectivity index (χ4v) is 2.07. The van der Waals surface area contributed by atoms with E-state index in [2.05, 4.69) is 26.6 Å². The van der Waals surface area contributed by atoms with Crippen molar-refractivity contribution < 1.29 is 14.0 Å². The lowest BCUT2D eigenvalue weighted by Crippen LogP contribution is -2.29. The number of halogens is 3. The number of carbonyl (C=O) groups excluding carboxylic acids is 2. The van der Waals surface area contributed by atoms with Gasteiger partial charge in [0.1, 0.15) is 5.82 Å². The quantitative estimate of drug-likeness (QED) is 0.789. The highest BCUT2D eigenvalue weighted by molar-refractivity contribution is 9.10. The fraction of sp³-hybridized carbons (Fsp3) is 0. The van der Waals surface area contributed by atoms with Gasteiger partial charge in [0.2, 0.25) is 0 Å². The maximum absolute atomic E-state index is 13.0. The number of nitrogens with one attached hydrogen (secondary N) is 2. The maximum Gasteiger partial charge on any atom is 0.314 e. The van der Waals surface area contributed by atoms with Crippen LogP contribution in [0.2, 0.25) is 5.02 Å². The van der Waals surface area contributed by atoms with Crippen molar-refractivity contribution >= 4 is 50.7 Å². The summed E-state index contributed by atoms with van der Waals surface area (Å²) in [6.07, 6.45) is 0.